The van der Waals surface area contributed by atoms with E-state index in [1.165, 1.54) is 0 Å². The molecule has 0 aromatic heterocycles. The molecule has 0 radical (unpaired) electrons. The van der Waals surface area contributed by atoms with Gasteiger partial charge in [-0.15, -0.1) is 12.5 Å². The fourth-order valence-electron chi connectivity index (χ4n) is 0.997. The molecular weight excluding hydrogens is 223 g/mol. The summed E-state index contributed by atoms with van der Waals surface area (Å²) in [4.78, 5) is 0. The number of rotatable bonds is 7. The lowest BCUT2D eigenvalue weighted by Gasteiger charge is -2.18. The zero-order chi connectivity index (χ0) is 12.4. The molecule has 4 heteroatoms. The maximum atomic E-state index is 12.2. The summed E-state index contributed by atoms with van der Waals surface area (Å²) in [5.74, 6) is 5.49. The lowest BCUT2D eigenvalue weighted by molar-refractivity contribution is 0.200. The Kier molecular flexibility index (Phi) is 7.93. The van der Waals surface area contributed by atoms with E-state index in [1.54, 1.807) is 26.0 Å². The normalized spacial score (nSPS) is 16.2. The zero-order valence-corrected chi connectivity index (χ0v) is 11.0. The first-order valence-electron chi connectivity index (χ1n) is 5.14. The van der Waals surface area contributed by atoms with Crippen molar-refractivity contribution in [1.82, 2.24) is 0 Å². The van der Waals surface area contributed by atoms with Crippen LogP contribution in [0.3, 0.4) is 0 Å². The standard InChI is InChI=1S/C12H19O3P/c1-5-8-11-16(13,14-10-7-3)15-12(4)9-6-2/h5,7-8,12H,3,10-11H2,1-2,4H3. The minimum atomic E-state index is -3.10. The predicted octanol–water partition coefficient (Wildman–Crippen LogP) is 3.39. The van der Waals surface area contributed by atoms with Gasteiger partial charge in [0, 0.05) is 0 Å². The highest BCUT2D eigenvalue weighted by molar-refractivity contribution is 7.54. The summed E-state index contributed by atoms with van der Waals surface area (Å²) in [7, 11) is -3.10. The largest absolute Gasteiger partial charge is 0.335 e. The van der Waals surface area contributed by atoms with Gasteiger partial charge in [-0.3, -0.25) is 9.09 Å². The van der Waals surface area contributed by atoms with E-state index >= 15 is 0 Å². The van der Waals surface area contributed by atoms with Crippen molar-refractivity contribution in [2.45, 2.75) is 26.9 Å². The minimum absolute atomic E-state index is 0.209. The molecule has 3 nitrogen and oxygen atoms in total. The van der Waals surface area contributed by atoms with Crippen molar-refractivity contribution < 1.29 is 13.6 Å². The number of allylic oxidation sites excluding steroid dienone is 2. The highest BCUT2D eigenvalue weighted by atomic mass is 31.2. The van der Waals surface area contributed by atoms with Gasteiger partial charge in [0.15, 0.2) is 0 Å². The van der Waals surface area contributed by atoms with Crippen molar-refractivity contribution >= 4 is 7.60 Å². The van der Waals surface area contributed by atoms with Gasteiger partial charge in [0.25, 0.3) is 0 Å². The average molecular weight is 242 g/mol. The Morgan fingerprint density at radius 3 is 2.75 bits per heavy atom. The Balaban J connectivity index is 4.55. The molecule has 0 spiro atoms. The fraction of sp³-hybridized carbons (Fsp3) is 0.500. The Labute approximate surface area is 98.1 Å². The van der Waals surface area contributed by atoms with Crippen LogP contribution in [0, 0.1) is 11.8 Å². The third kappa shape index (κ3) is 6.63. The van der Waals surface area contributed by atoms with E-state index in [4.69, 9.17) is 9.05 Å². The van der Waals surface area contributed by atoms with Crippen LogP contribution in [0.1, 0.15) is 20.8 Å². The maximum Gasteiger partial charge on any atom is 0.335 e. The van der Waals surface area contributed by atoms with Gasteiger partial charge in [-0.2, -0.15) is 0 Å². The molecule has 0 aliphatic rings. The number of hydrogen-bond donors (Lipinski definition) is 0. The highest BCUT2D eigenvalue weighted by Crippen LogP contribution is 2.49. The topological polar surface area (TPSA) is 35.5 Å². The molecule has 0 aliphatic heterocycles. The lowest BCUT2D eigenvalue weighted by atomic mass is 10.4. The molecule has 0 aromatic carbocycles. The van der Waals surface area contributed by atoms with Crippen LogP contribution in [0.15, 0.2) is 24.8 Å². The molecule has 0 bridgehead atoms. The van der Waals surface area contributed by atoms with Crippen LogP contribution in [0.4, 0.5) is 0 Å². The van der Waals surface area contributed by atoms with Crippen molar-refractivity contribution in [2.75, 3.05) is 12.8 Å². The van der Waals surface area contributed by atoms with Gasteiger partial charge in [-0.1, -0.05) is 24.1 Å². The highest BCUT2D eigenvalue weighted by Gasteiger charge is 2.24. The molecule has 90 valence electrons. The first kappa shape index (κ1) is 15.2. The van der Waals surface area contributed by atoms with Crippen LogP contribution < -0.4 is 0 Å². The summed E-state index contributed by atoms with van der Waals surface area (Å²) in [5.41, 5.74) is 0. The monoisotopic (exact) mass is 242 g/mol. The quantitative estimate of drug-likeness (QED) is 0.390. The molecule has 0 amide bonds. The van der Waals surface area contributed by atoms with Gasteiger partial charge in [0.2, 0.25) is 0 Å². The molecule has 0 aromatic rings. The Bertz CT molecular complexity index is 336. The van der Waals surface area contributed by atoms with Gasteiger partial charge in [0.05, 0.1) is 12.8 Å². The summed E-state index contributed by atoms with van der Waals surface area (Å²) in [6.07, 6.45) is 4.97. The van der Waals surface area contributed by atoms with E-state index in [1.807, 2.05) is 13.0 Å². The van der Waals surface area contributed by atoms with E-state index in [0.717, 1.165) is 0 Å². The Morgan fingerprint density at radius 2 is 2.25 bits per heavy atom. The van der Waals surface area contributed by atoms with Crippen LogP contribution >= 0.6 is 7.60 Å². The van der Waals surface area contributed by atoms with E-state index < -0.39 is 13.7 Å². The van der Waals surface area contributed by atoms with E-state index in [0.29, 0.717) is 0 Å². The molecule has 2 atom stereocenters. The predicted molar refractivity (Wildman–Crippen MR) is 67.4 cm³/mol. The molecule has 0 N–H and O–H groups in total. The fourth-order valence-corrected chi connectivity index (χ4v) is 2.59. The van der Waals surface area contributed by atoms with Gasteiger partial charge < -0.3 is 4.52 Å². The molecule has 0 aliphatic carbocycles. The van der Waals surface area contributed by atoms with Gasteiger partial charge in [-0.05, 0) is 20.8 Å². The summed E-state index contributed by atoms with van der Waals surface area (Å²) in [6.45, 7) is 9.03. The molecule has 0 saturated carbocycles. The average Bonchev–Trinajstić information content (AvgIpc) is 2.24. The molecular formula is C12H19O3P. The SMILES string of the molecule is C=CCOP(=O)(CC=CC)OC(C)C#CC. The van der Waals surface area contributed by atoms with Crippen LogP contribution in [0.25, 0.3) is 0 Å². The third-order valence-electron chi connectivity index (χ3n) is 1.62. The van der Waals surface area contributed by atoms with Crippen LogP contribution in [-0.4, -0.2) is 18.9 Å². The van der Waals surface area contributed by atoms with Gasteiger partial charge >= 0.3 is 7.60 Å². The molecule has 0 fully saturated rings. The number of hydrogen-bond acceptors (Lipinski definition) is 3. The van der Waals surface area contributed by atoms with Crippen LogP contribution in [0.5, 0.6) is 0 Å². The van der Waals surface area contributed by atoms with Crippen molar-refractivity contribution in [3.8, 4) is 11.8 Å². The second kappa shape index (κ2) is 8.35. The summed E-state index contributed by atoms with van der Waals surface area (Å²) in [5, 5.41) is 0. The first-order valence-corrected chi connectivity index (χ1v) is 6.87. The molecule has 2 unspecified atom stereocenters. The minimum Gasteiger partial charge on any atom is -0.304 e. The summed E-state index contributed by atoms with van der Waals surface area (Å²) in [6, 6.07) is 0. The van der Waals surface area contributed by atoms with E-state index in [2.05, 4.69) is 18.4 Å². The zero-order valence-electron chi connectivity index (χ0n) is 10.1. The summed E-state index contributed by atoms with van der Waals surface area (Å²) < 4.78 is 22.7. The smallest absolute Gasteiger partial charge is 0.304 e. The van der Waals surface area contributed by atoms with Crippen molar-refractivity contribution in [3.63, 3.8) is 0 Å². The summed E-state index contributed by atoms with van der Waals surface area (Å²) >= 11 is 0. The van der Waals surface area contributed by atoms with Gasteiger partial charge in [-0.25, -0.2) is 0 Å². The second-order valence-corrected chi connectivity index (χ2v) is 5.14. The Hall–Kier alpha value is -0.810. The lowest BCUT2D eigenvalue weighted by Crippen LogP contribution is -2.07. The van der Waals surface area contributed by atoms with Crippen molar-refractivity contribution in [1.29, 1.82) is 0 Å². The molecule has 0 rings (SSSR count). The molecule has 0 heterocycles. The van der Waals surface area contributed by atoms with Crippen LogP contribution in [0.2, 0.25) is 0 Å². The Morgan fingerprint density at radius 1 is 1.56 bits per heavy atom. The first-order chi connectivity index (χ1) is 7.58. The van der Waals surface area contributed by atoms with E-state index in [9.17, 15) is 4.57 Å². The van der Waals surface area contributed by atoms with Crippen molar-refractivity contribution in [3.05, 3.63) is 24.8 Å². The maximum absolute atomic E-state index is 12.2. The van der Waals surface area contributed by atoms with Crippen molar-refractivity contribution in [2.24, 2.45) is 0 Å². The molecule has 16 heavy (non-hydrogen) atoms. The van der Waals surface area contributed by atoms with Gasteiger partial charge in [0.1, 0.15) is 6.10 Å². The second-order valence-electron chi connectivity index (χ2n) is 3.09. The van der Waals surface area contributed by atoms with E-state index in [-0.39, 0.29) is 12.8 Å². The molecule has 0 saturated heterocycles. The van der Waals surface area contributed by atoms with Crippen LogP contribution in [-0.2, 0) is 13.6 Å². The third-order valence-corrected chi connectivity index (χ3v) is 3.46.